The summed E-state index contributed by atoms with van der Waals surface area (Å²) in [5.41, 5.74) is 1.27. The molecule has 0 atom stereocenters. The number of non-ortho nitro benzene ring substituents is 1. The van der Waals surface area contributed by atoms with Gasteiger partial charge in [-0.05, 0) is 18.4 Å². The Morgan fingerprint density at radius 2 is 1.82 bits per heavy atom. The average Bonchev–Trinajstić information content (AvgIpc) is 2.80. The molecule has 1 aromatic carbocycles. The highest BCUT2D eigenvalue weighted by molar-refractivity contribution is 5.85. The minimum Gasteiger partial charge on any atom is -0.310 e. The van der Waals surface area contributed by atoms with E-state index in [2.05, 4.69) is 5.32 Å². The fraction of sp³-hybridized carbons (Fsp3) is 0.500. The third-order valence-electron chi connectivity index (χ3n) is 3.10. The Morgan fingerprint density at radius 1 is 1.24 bits per heavy atom. The van der Waals surface area contributed by atoms with Crippen molar-refractivity contribution in [3.63, 3.8) is 0 Å². The fourth-order valence-electron chi connectivity index (χ4n) is 2.13. The molecule has 0 heterocycles. The van der Waals surface area contributed by atoms with Crippen LogP contribution in [0.5, 0.6) is 0 Å². The molecule has 0 aromatic heterocycles. The van der Waals surface area contributed by atoms with E-state index in [9.17, 15) is 10.1 Å². The van der Waals surface area contributed by atoms with Crippen LogP contribution in [0.4, 0.5) is 5.69 Å². The Morgan fingerprint density at radius 3 is 2.35 bits per heavy atom. The molecule has 94 valence electrons. The van der Waals surface area contributed by atoms with Crippen LogP contribution in [0.25, 0.3) is 0 Å². The number of nitro groups is 1. The number of benzene rings is 1. The van der Waals surface area contributed by atoms with E-state index >= 15 is 0 Å². The van der Waals surface area contributed by atoms with Crippen molar-refractivity contribution in [1.82, 2.24) is 5.32 Å². The maximum Gasteiger partial charge on any atom is 0.269 e. The number of nitro benzene ring substituents is 1. The monoisotopic (exact) mass is 256 g/mol. The Bertz CT molecular complexity index is 361. The molecule has 1 aromatic rings. The van der Waals surface area contributed by atoms with Gasteiger partial charge in [-0.3, -0.25) is 10.1 Å². The molecular weight excluding hydrogens is 240 g/mol. The highest BCUT2D eigenvalue weighted by Gasteiger charge is 2.13. The van der Waals surface area contributed by atoms with E-state index in [1.807, 2.05) is 12.1 Å². The van der Waals surface area contributed by atoms with E-state index in [1.54, 1.807) is 12.1 Å². The molecule has 1 aliphatic carbocycles. The van der Waals surface area contributed by atoms with Crippen LogP contribution < -0.4 is 5.32 Å². The first kappa shape index (κ1) is 13.9. The molecule has 1 N–H and O–H groups in total. The molecule has 1 fully saturated rings. The quantitative estimate of drug-likeness (QED) is 0.665. The van der Waals surface area contributed by atoms with E-state index < -0.39 is 0 Å². The first-order chi connectivity index (χ1) is 7.75. The van der Waals surface area contributed by atoms with Crippen molar-refractivity contribution in [2.24, 2.45) is 0 Å². The number of nitrogens with zero attached hydrogens (tertiary/aromatic N) is 1. The molecule has 0 amide bonds. The molecule has 1 aliphatic rings. The largest absolute Gasteiger partial charge is 0.310 e. The van der Waals surface area contributed by atoms with Crippen LogP contribution in [0.3, 0.4) is 0 Å². The molecule has 0 radical (unpaired) electrons. The molecule has 0 aliphatic heterocycles. The van der Waals surface area contributed by atoms with Crippen molar-refractivity contribution in [3.8, 4) is 0 Å². The number of rotatable bonds is 4. The third-order valence-corrected chi connectivity index (χ3v) is 3.10. The molecule has 5 heteroatoms. The topological polar surface area (TPSA) is 55.2 Å². The highest BCUT2D eigenvalue weighted by Crippen LogP contribution is 2.18. The normalized spacial score (nSPS) is 15.5. The summed E-state index contributed by atoms with van der Waals surface area (Å²) in [6.07, 6.45) is 5.15. The summed E-state index contributed by atoms with van der Waals surface area (Å²) in [5.74, 6) is 0. The summed E-state index contributed by atoms with van der Waals surface area (Å²) in [4.78, 5) is 10.1. The van der Waals surface area contributed by atoms with Gasteiger partial charge in [0.1, 0.15) is 0 Å². The second kappa shape index (κ2) is 6.57. The van der Waals surface area contributed by atoms with Crippen LogP contribution in [-0.2, 0) is 6.54 Å². The number of hydrogen-bond acceptors (Lipinski definition) is 3. The summed E-state index contributed by atoms with van der Waals surface area (Å²) in [7, 11) is 0. The van der Waals surface area contributed by atoms with Gasteiger partial charge < -0.3 is 5.32 Å². The minimum absolute atomic E-state index is 0. The Balaban J connectivity index is 0.00000144. The van der Waals surface area contributed by atoms with Crippen molar-refractivity contribution in [2.45, 2.75) is 38.3 Å². The third kappa shape index (κ3) is 3.98. The highest BCUT2D eigenvalue weighted by atomic mass is 35.5. The van der Waals surface area contributed by atoms with Gasteiger partial charge in [-0.1, -0.05) is 25.0 Å². The summed E-state index contributed by atoms with van der Waals surface area (Å²) in [6.45, 7) is 0.808. The molecule has 4 nitrogen and oxygen atoms in total. The van der Waals surface area contributed by atoms with Gasteiger partial charge in [0.2, 0.25) is 0 Å². The van der Waals surface area contributed by atoms with E-state index in [0.29, 0.717) is 6.04 Å². The molecule has 2 rings (SSSR count). The lowest BCUT2D eigenvalue weighted by Gasteiger charge is -2.11. The summed E-state index contributed by atoms with van der Waals surface area (Å²) >= 11 is 0. The lowest BCUT2D eigenvalue weighted by Crippen LogP contribution is -2.25. The van der Waals surface area contributed by atoms with Crippen molar-refractivity contribution in [2.75, 3.05) is 0 Å². The van der Waals surface area contributed by atoms with E-state index in [4.69, 9.17) is 0 Å². The zero-order valence-electron chi connectivity index (χ0n) is 9.59. The maximum atomic E-state index is 10.5. The van der Waals surface area contributed by atoms with Crippen LogP contribution in [-0.4, -0.2) is 11.0 Å². The van der Waals surface area contributed by atoms with Crippen LogP contribution in [0, 0.1) is 10.1 Å². The lowest BCUT2D eigenvalue weighted by molar-refractivity contribution is -0.384. The molecule has 0 saturated heterocycles. The van der Waals surface area contributed by atoms with Gasteiger partial charge in [0, 0.05) is 24.7 Å². The van der Waals surface area contributed by atoms with Gasteiger partial charge in [0.15, 0.2) is 0 Å². The Hall–Kier alpha value is -1.13. The number of hydrogen-bond donors (Lipinski definition) is 1. The average molecular weight is 257 g/mol. The van der Waals surface area contributed by atoms with E-state index in [1.165, 1.54) is 25.7 Å². The van der Waals surface area contributed by atoms with Crippen LogP contribution in [0.15, 0.2) is 24.3 Å². The molecule has 0 unspecified atom stereocenters. The van der Waals surface area contributed by atoms with Crippen molar-refractivity contribution >= 4 is 18.1 Å². The number of nitrogens with one attached hydrogen (secondary N) is 1. The molecule has 17 heavy (non-hydrogen) atoms. The Labute approximate surface area is 107 Å². The van der Waals surface area contributed by atoms with Crippen molar-refractivity contribution < 1.29 is 4.92 Å². The number of halogens is 1. The fourth-order valence-corrected chi connectivity index (χ4v) is 2.13. The first-order valence-corrected chi connectivity index (χ1v) is 5.72. The van der Waals surface area contributed by atoms with Crippen molar-refractivity contribution in [1.29, 1.82) is 0 Å². The molecule has 0 spiro atoms. The van der Waals surface area contributed by atoms with Gasteiger partial charge in [-0.2, -0.15) is 0 Å². The zero-order valence-corrected chi connectivity index (χ0v) is 10.4. The van der Waals surface area contributed by atoms with Gasteiger partial charge in [-0.15, -0.1) is 12.4 Å². The predicted molar refractivity (Wildman–Crippen MR) is 69.4 cm³/mol. The Kier molecular flexibility index (Phi) is 5.38. The molecule has 1 saturated carbocycles. The predicted octanol–water partition coefficient (Wildman–Crippen LogP) is 3.05. The summed E-state index contributed by atoms with van der Waals surface area (Å²) < 4.78 is 0. The van der Waals surface area contributed by atoms with Crippen molar-refractivity contribution in [3.05, 3.63) is 39.9 Å². The van der Waals surface area contributed by atoms with Crippen LogP contribution >= 0.6 is 12.4 Å². The van der Waals surface area contributed by atoms with Gasteiger partial charge in [0.05, 0.1) is 4.92 Å². The standard InChI is InChI=1S/C12H16N2O2.ClH/c15-14(16)12-7-5-10(6-8-12)9-13-11-3-1-2-4-11;/h5-8,11,13H,1-4,9H2;1H. The van der Waals surface area contributed by atoms with Gasteiger partial charge in [-0.25, -0.2) is 0 Å². The van der Waals surface area contributed by atoms with E-state index in [-0.39, 0.29) is 23.0 Å². The molecule has 0 bridgehead atoms. The minimum atomic E-state index is -0.367. The maximum absolute atomic E-state index is 10.5. The second-order valence-electron chi connectivity index (χ2n) is 4.29. The second-order valence-corrected chi connectivity index (χ2v) is 4.29. The zero-order chi connectivity index (χ0) is 11.4. The summed E-state index contributed by atoms with van der Waals surface area (Å²) in [5, 5.41) is 13.9. The summed E-state index contributed by atoms with van der Waals surface area (Å²) in [6, 6.07) is 7.40. The first-order valence-electron chi connectivity index (χ1n) is 5.72. The molecular formula is C12H17ClN2O2. The van der Waals surface area contributed by atoms with E-state index in [0.717, 1.165) is 12.1 Å². The smallest absolute Gasteiger partial charge is 0.269 e. The lowest BCUT2D eigenvalue weighted by atomic mass is 10.2. The van der Waals surface area contributed by atoms with Gasteiger partial charge in [0.25, 0.3) is 5.69 Å². The van der Waals surface area contributed by atoms with Gasteiger partial charge >= 0.3 is 0 Å². The SMILES string of the molecule is Cl.O=[N+]([O-])c1ccc(CNC2CCCC2)cc1. The van der Waals surface area contributed by atoms with Crippen LogP contribution in [0.2, 0.25) is 0 Å². The van der Waals surface area contributed by atoms with Crippen LogP contribution in [0.1, 0.15) is 31.2 Å².